The average Bonchev–Trinajstić information content (AvgIpc) is 3.59. The van der Waals surface area contributed by atoms with E-state index in [9.17, 15) is 9.59 Å². The summed E-state index contributed by atoms with van der Waals surface area (Å²) in [7, 11) is 0. The maximum Gasteiger partial charge on any atom is 0.235 e. The average molecular weight is 723 g/mol. The van der Waals surface area contributed by atoms with Gasteiger partial charge in [-0.15, -0.1) is 0 Å². The van der Waals surface area contributed by atoms with Gasteiger partial charge in [-0.2, -0.15) is 5.10 Å². The molecule has 2 fully saturated rings. The minimum absolute atomic E-state index is 0.248. The lowest BCUT2D eigenvalue weighted by Crippen LogP contribution is -2.49. The highest BCUT2D eigenvalue weighted by Crippen LogP contribution is 2.32. The highest BCUT2D eigenvalue weighted by molar-refractivity contribution is 6.04. The van der Waals surface area contributed by atoms with Crippen LogP contribution in [0.15, 0.2) is 48.7 Å². The van der Waals surface area contributed by atoms with E-state index in [1.54, 1.807) is 6.92 Å². The van der Waals surface area contributed by atoms with Gasteiger partial charge in [0.05, 0.1) is 17.3 Å². The SMILES string of the molecule is CCc1nc2c(cnn2CC)c(NC2CCOCC2)c1CNC(=O)C(C)(CC)C(=O)NCc1ccc(C)c(-c2cccc(CN3CCN[C@@H](C)C3)c2)c1. The minimum atomic E-state index is -1.26. The summed E-state index contributed by atoms with van der Waals surface area (Å²) >= 11 is 0. The van der Waals surface area contributed by atoms with Gasteiger partial charge in [0, 0.05) is 82.4 Å². The molecular weight excluding hydrogens is 665 g/mol. The maximum atomic E-state index is 14.0. The number of benzene rings is 2. The van der Waals surface area contributed by atoms with E-state index in [1.807, 2.05) is 17.8 Å². The Labute approximate surface area is 314 Å². The smallest absolute Gasteiger partial charge is 0.235 e. The van der Waals surface area contributed by atoms with Crippen LogP contribution in [0.5, 0.6) is 0 Å². The number of pyridine rings is 1. The molecule has 2 aromatic carbocycles. The number of fused-ring (bicyclic) bond motifs is 1. The molecule has 11 heteroatoms. The summed E-state index contributed by atoms with van der Waals surface area (Å²) in [5, 5.41) is 19.1. The molecule has 53 heavy (non-hydrogen) atoms. The summed E-state index contributed by atoms with van der Waals surface area (Å²) in [4.78, 5) is 35.3. The molecule has 2 aliphatic rings. The summed E-state index contributed by atoms with van der Waals surface area (Å²) in [6.07, 6.45) is 4.72. The van der Waals surface area contributed by atoms with Crippen LogP contribution < -0.4 is 21.3 Å². The van der Waals surface area contributed by atoms with E-state index in [0.717, 1.165) is 78.1 Å². The van der Waals surface area contributed by atoms with Crippen molar-refractivity contribution in [2.24, 2.45) is 5.41 Å². The number of nitrogens with one attached hydrogen (secondary N) is 4. The van der Waals surface area contributed by atoms with Crippen LogP contribution in [0.3, 0.4) is 0 Å². The third-order valence-electron chi connectivity index (χ3n) is 11.2. The molecule has 0 spiro atoms. The first-order chi connectivity index (χ1) is 25.6. The topological polar surface area (TPSA) is 125 Å². The lowest BCUT2D eigenvalue weighted by Gasteiger charge is -2.31. The second-order valence-corrected chi connectivity index (χ2v) is 15.0. The largest absolute Gasteiger partial charge is 0.381 e. The molecule has 0 saturated carbocycles. The zero-order valence-electron chi connectivity index (χ0n) is 32.5. The Morgan fingerprint density at radius 3 is 2.51 bits per heavy atom. The highest BCUT2D eigenvalue weighted by Gasteiger charge is 2.39. The lowest BCUT2D eigenvalue weighted by molar-refractivity contribution is -0.143. The van der Waals surface area contributed by atoms with Crippen LogP contribution in [0.1, 0.15) is 81.8 Å². The van der Waals surface area contributed by atoms with E-state index in [2.05, 4.69) is 101 Å². The number of anilines is 1. The summed E-state index contributed by atoms with van der Waals surface area (Å²) in [6, 6.07) is 15.8. The normalized spacial score (nSPS) is 18.1. The van der Waals surface area contributed by atoms with Crippen LogP contribution >= 0.6 is 0 Å². The first-order valence-electron chi connectivity index (χ1n) is 19.6. The number of aryl methyl sites for hydroxylation is 3. The third kappa shape index (κ3) is 8.74. The van der Waals surface area contributed by atoms with Crippen LogP contribution in [0.25, 0.3) is 22.2 Å². The van der Waals surface area contributed by atoms with E-state index < -0.39 is 5.41 Å². The van der Waals surface area contributed by atoms with Gasteiger partial charge < -0.3 is 26.0 Å². The zero-order valence-corrected chi connectivity index (χ0v) is 32.5. The second-order valence-electron chi connectivity index (χ2n) is 15.0. The van der Waals surface area contributed by atoms with Gasteiger partial charge in [0.1, 0.15) is 5.41 Å². The number of carbonyl (C=O) groups is 2. The van der Waals surface area contributed by atoms with Crippen molar-refractivity contribution in [2.45, 2.75) is 105 Å². The molecular formula is C42H58N8O3. The Morgan fingerprint density at radius 1 is 1.02 bits per heavy atom. The molecule has 4 N–H and O–H groups in total. The first-order valence-corrected chi connectivity index (χ1v) is 19.6. The Kier molecular flexibility index (Phi) is 12.5. The van der Waals surface area contributed by atoms with Crippen molar-refractivity contribution >= 4 is 28.5 Å². The fourth-order valence-corrected chi connectivity index (χ4v) is 7.61. The van der Waals surface area contributed by atoms with Gasteiger partial charge in [0.25, 0.3) is 0 Å². The molecule has 4 heterocycles. The van der Waals surface area contributed by atoms with Crippen molar-refractivity contribution in [3.63, 3.8) is 0 Å². The van der Waals surface area contributed by atoms with Crippen molar-refractivity contribution in [3.05, 3.63) is 76.6 Å². The summed E-state index contributed by atoms with van der Waals surface area (Å²) in [5.74, 6) is -0.595. The van der Waals surface area contributed by atoms with Gasteiger partial charge >= 0.3 is 0 Å². The molecule has 1 unspecified atom stereocenters. The standard InChI is InChI=1S/C42H58N8O3/c1-7-37-35(38(47-33-15-19-53-20-16-33)36-25-46-50(9-3)39(36)48-37)24-45-41(52)42(6,8-2)40(51)44-23-30-14-13-28(4)34(22-30)32-12-10-11-31(21-32)27-49-18-17-43-29(5)26-49/h10-14,21-22,25,29,33,43H,7-9,15-20,23-24,26-27H2,1-6H3,(H,44,51)(H,45,52)(H,47,48)/t29-,42?/m0/s1. The minimum Gasteiger partial charge on any atom is -0.381 e. The molecule has 2 atom stereocenters. The quantitative estimate of drug-likeness (QED) is 0.122. The highest BCUT2D eigenvalue weighted by atomic mass is 16.5. The van der Waals surface area contributed by atoms with Crippen LogP contribution in [0.4, 0.5) is 5.69 Å². The van der Waals surface area contributed by atoms with E-state index in [-0.39, 0.29) is 24.4 Å². The van der Waals surface area contributed by atoms with Crippen molar-refractivity contribution in [3.8, 4) is 11.1 Å². The monoisotopic (exact) mass is 722 g/mol. The molecule has 2 aliphatic heterocycles. The first kappa shape index (κ1) is 38.4. The van der Waals surface area contributed by atoms with Crippen LogP contribution in [-0.2, 0) is 46.9 Å². The molecule has 2 amide bonds. The van der Waals surface area contributed by atoms with E-state index in [0.29, 0.717) is 45.2 Å². The van der Waals surface area contributed by atoms with Gasteiger partial charge in [-0.25, -0.2) is 9.67 Å². The van der Waals surface area contributed by atoms with Gasteiger partial charge in [-0.3, -0.25) is 14.5 Å². The van der Waals surface area contributed by atoms with Gasteiger partial charge in [-0.1, -0.05) is 44.2 Å². The number of aromatic nitrogens is 3. The number of ether oxygens (including phenoxy) is 1. The Morgan fingerprint density at radius 2 is 1.79 bits per heavy atom. The fraction of sp³-hybridized carbons (Fsp3) is 0.524. The predicted octanol–water partition coefficient (Wildman–Crippen LogP) is 5.72. The number of amides is 2. The number of piperazine rings is 1. The Bertz CT molecular complexity index is 1900. The molecule has 2 saturated heterocycles. The number of nitrogens with zero attached hydrogens (tertiary/aromatic N) is 4. The maximum absolute atomic E-state index is 14.0. The molecule has 284 valence electrons. The van der Waals surface area contributed by atoms with E-state index in [4.69, 9.17) is 9.72 Å². The third-order valence-corrected chi connectivity index (χ3v) is 11.2. The van der Waals surface area contributed by atoms with E-state index in [1.165, 1.54) is 16.7 Å². The van der Waals surface area contributed by atoms with Crippen molar-refractivity contribution < 1.29 is 14.3 Å². The predicted molar refractivity (Wildman–Crippen MR) is 211 cm³/mol. The fourth-order valence-electron chi connectivity index (χ4n) is 7.61. The van der Waals surface area contributed by atoms with Crippen LogP contribution in [0.2, 0.25) is 0 Å². The second kappa shape index (κ2) is 17.2. The number of hydrogen-bond donors (Lipinski definition) is 4. The Balaban J connectivity index is 1.15. The van der Waals surface area contributed by atoms with Crippen molar-refractivity contribution in [1.82, 2.24) is 35.6 Å². The van der Waals surface area contributed by atoms with Gasteiger partial charge in [0.15, 0.2) is 5.65 Å². The molecule has 0 aliphatic carbocycles. The zero-order chi connectivity index (χ0) is 37.5. The number of rotatable bonds is 14. The summed E-state index contributed by atoms with van der Waals surface area (Å²) in [6.45, 7) is 18.9. The number of carbonyl (C=O) groups excluding carboxylic acids is 2. The van der Waals surface area contributed by atoms with Crippen molar-refractivity contribution in [1.29, 1.82) is 0 Å². The summed E-state index contributed by atoms with van der Waals surface area (Å²) in [5.41, 5.74) is 8.16. The van der Waals surface area contributed by atoms with Crippen LogP contribution in [-0.4, -0.2) is 76.4 Å². The molecule has 6 rings (SSSR count). The Hall–Kier alpha value is -4.32. The molecule has 0 radical (unpaired) electrons. The molecule has 4 aromatic rings. The molecule has 2 aromatic heterocycles. The molecule has 11 nitrogen and oxygen atoms in total. The van der Waals surface area contributed by atoms with Crippen LogP contribution in [0, 0.1) is 12.3 Å². The van der Waals surface area contributed by atoms with Gasteiger partial charge in [0.2, 0.25) is 11.8 Å². The molecule has 0 bridgehead atoms. The van der Waals surface area contributed by atoms with Gasteiger partial charge in [-0.05, 0) is 93.3 Å². The number of hydrogen-bond acceptors (Lipinski definition) is 8. The lowest BCUT2D eigenvalue weighted by atomic mass is 9.85. The van der Waals surface area contributed by atoms with Crippen molar-refractivity contribution in [2.75, 3.05) is 38.2 Å². The summed E-state index contributed by atoms with van der Waals surface area (Å²) < 4.78 is 7.53. The van der Waals surface area contributed by atoms with E-state index >= 15 is 0 Å².